The molecule has 1 aromatic heterocycles. The van der Waals surface area contributed by atoms with Crippen LogP contribution in [0.1, 0.15) is 5.82 Å². The van der Waals surface area contributed by atoms with Crippen LogP contribution in [-0.2, 0) is 0 Å². The van der Waals surface area contributed by atoms with Crippen LogP contribution in [0, 0.1) is 18.6 Å². The Morgan fingerprint density at radius 3 is 2.21 bits per heavy atom. The SMILES string of the molecule is Cc1nc(Nc2ccc(F)cc2F)cc(Nc2ccccc2Cl)n1. The average molecular weight is 347 g/mol. The topological polar surface area (TPSA) is 49.8 Å². The molecule has 0 unspecified atom stereocenters. The Hall–Kier alpha value is -2.73. The van der Waals surface area contributed by atoms with Crippen LogP contribution < -0.4 is 10.6 Å². The van der Waals surface area contributed by atoms with Gasteiger partial charge < -0.3 is 10.6 Å². The number of nitrogens with zero attached hydrogens (tertiary/aromatic N) is 2. The summed E-state index contributed by atoms with van der Waals surface area (Å²) in [5.41, 5.74) is 0.814. The number of anilines is 4. The normalized spacial score (nSPS) is 10.5. The first-order valence-corrected chi connectivity index (χ1v) is 7.48. The molecular formula is C17H13ClF2N4. The van der Waals surface area contributed by atoms with E-state index in [4.69, 9.17) is 11.6 Å². The zero-order valence-corrected chi connectivity index (χ0v) is 13.4. The van der Waals surface area contributed by atoms with E-state index in [1.807, 2.05) is 18.2 Å². The third-order valence-electron chi connectivity index (χ3n) is 3.17. The Kier molecular flexibility index (Phi) is 4.57. The second kappa shape index (κ2) is 6.80. The molecule has 3 aromatic rings. The third kappa shape index (κ3) is 3.78. The van der Waals surface area contributed by atoms with Gasteiger partial charge in [-0.3, -0.25) is 0 Å². The largest absolute Gasteiger partial charge is 0.339 e. The standard InChI is InChI=1S/C17H13ClF2N4/c1-10-21-16(23-14-5-3-2-4-12(14)18)9-17(22-10)24-15-7-6-11(19)8-13(15)20/h2-9H,1H3,(H2,21,22,23,24). The second-order valence-electron chi connectivity index (χ2n) is 5.04. The molecule has 4 nitrogen and oxygen atoms in total. The van der Waals surface area contributed by atoms with E-state index in [9.17, 15) is 8.78 Å². The summed E-state index contributed by atoms with van der Waals surface area (Å²) < 4.78 is 26.7. The molecule has 0 aliphatic rings. The van der Waals surface area contributed by atoms with E-state index >= 15 is 0 Å². The predicted molar refractivity (Wildman–Crippen MR) is 91.1 cm³/mol. The van der Waals surface area contributed by atoms with Crippen molar-refractivity contribution in [3.8, 4) is 0 Å². The number of halogens is 3. The highest BCUT2D eigenvalue weighted by molar-refractivity contribution is 6.33. The van der Waals surface area contributed by atoms with Gasteiger partial charge in [0.05, 0.1) is 16.4 Å². The quantitative estimate of drug-likeness (QED) is 0.681. The van der Waals surface area contributed by atoms with Gasteiger partial charge in [0.25, 0.3) is 0 Å². The zero-order valence-electron chi connectivity index (χ0n) is 12.6. The Balaban J connectivity index is 1.87. The van der Waals surface area contributed by atoms with Gasteiger partial charge in [-0.05, 0) is 31.2 Å². The van der Waals surface area contributed by atoms with Crippen molar-refractivity contribution in [1.82, 2.24) is 9.97 Å². The zero-order chi connectivity index (χ0) is 17.1. The molecule has 0 saturated heterocycles. The lowest BCUT2D eigenvalue weighted by Crippen LogP contribution is -2.02. The van der Waals surface area contributed by atoms with Gasteiger partial charge in [-0.2, -0.15) is 0 Å². The van der Waals surface area contributed by atoms with Crippen LogP contribution in [0.2, 0.25) is 5.02 Å². The van der Waals surface area contributed by atoms with Gasteiger partial charge in [0, 0.05) is 12.1 Å². The lowest BCUT2D eigenvalue weighted by atomic mass is 10.3. The van der Waals surface area contributed by atoms with Crippen LogP contribution >= 0.6 is 11.6 Å². The summed E-state index contributed by atoms with van der Waals surface area (Å²) in [5.74, 6) is 0.0186. The van der Waals surface area contributed by atoms with Crippen molar-refractivity contribution >= 4 is 34.6 Å². The number of para-hydroxylation sites is 1. The van der Waals surface area contributed by atoms with Gasteiger partial charge in [0.15, 0.2) is 0 Å². The minimum atomic E-state index is -0.702. The maximum Gasteiger partial charge on any atom is 0.149 e. The number of benzene rings is 2. The lowest BCUT2D eigenvalue weighted by molar-refractivity contribution is 0.586. The van der Waals surface area contributed by atoms with Crippen molar-refractivity contribution in [2.24, 2.45) is 0 Å². The number of rotatable bonds is 4. The predicted octanol–water partition coefficient (Wildman–Crippen LogP) is 5.20. The fraction of sp³-hybridized carbons (Fsp3) is 0.0588. The average Bonchev–Trinajstić information content (AvgIpc) is 2.52. The molecule has 2 N–H and O–H groups in total. The lowest BCUT2D eigenvalue weighted by Gasteiger charge is -2.11. The smallest absolute Gasteiger partial charge is 0.149 e. The highest BCUT2D eigenvalue weighted by Gasteiger charge is 2.08. The Morgan fingerprint density at radius 1 is 0.875 bits per heavy atom. The van der Waals surface area contributed by atoms with Crippen molar-refractivity contribution in [3.63, 3.8) is 0 Å². The summed E-state index contributed by atoms with van der Waals surface area (Å²) in [6, 6.07) is 12.1. The summed E-state index contributed by atoms with van der Waals surface area (Å²) in [5, 5.41) is 6.45. The number of aryl methyl sites for hydroxylation is 1. The summed E-state index contributed by atoms with van der Waals surface area (Å²) in [4.78, 5) is 8.47. The van der Waals surface area contributed by atoms with Crippen LogP contribution in [-0.4, -0.2) is 9.97 Å². The van der Waals surface area contributed by atoms with Crippen LogP contribution in [0.25, 0.3) is 0 Å². The summed E-state index contributed by atoms with van der Waals surface area (Å²) in [7, 11) is 0. The van der Waals surface area contributed by atoms with Gasteiger partial charge in [-0.1, -0.05) is 23.7 Å². The molecule has 24 heavy (non-hydrogen) atoms. The van der Waals surface area contributed by atoms with E-state index < -0.39 is 11.6 Å². The van der Waals surface area contributed by atoms with Crippen LogP contribution in [0.4, 0.5) is 31.8 Å². The van der Waals surface area contributed by atoms with Crippen molar-refractivity contribution in [1.29, 1.82) is 0 Å². The van der Waals surface area contributed by atoms with Crippen molar-refractivity contribution in [2.75, 3.05) is 10.6 Å². The number of hydrogen-bond donors (Lipinski definition) is 2. The van der Waals surface area contributed by atoms with Gasteiger partial charge in [0.2, 0.25) is 0 Å². The van der Waals surface area contributed by atoms with E-state index in [0.717, 1.165) is 6.07 Å². The summed E-state index contributed by atoms with van der Waals surface area (Å²) in [6.07, 6.45) is 0. The molecule has 0 spiro atoms. The van der Waals surface area contributed by atoms with E-state index in [0.29, 0.717) is 28.2 Å². The van der Waals surface area contributed by atoms with E-state index in [2.05, 4.69) is 20.6 Å². The second-order valence-corrected chi connectivity index (χ2v) is 5.45. The molecule has 0 aliphatic carbocycles. The molecule has 7 heteroatoms. The summed E-state index contributed by atoms with van der Waals surface area (Å²) >= 11 is 6.11. The fourth-order valence-corrected chi connectivity index (χ4v) is 2.31. The van der Waals surface area contributed by atoms with Crippen LogP contribution in [0.3, 0.4) is 0 Å². The van der Waals surface area contributed by atoms with Crippen molar-refractivity contribution in [2.45, 2.75) is 6.92 Å². The molecule has 122 valence electrons. The molecule has 0 radical (unpaired) electrons. The third-order valence-corrected chi connectivity index (χ3v) is 3.50. The first kappa shape index (κ1) is 16.1. The molecule has 0 amide bonds. The minimum absolute atomic E-state index is 0.123. The van der Waals surface area contributed by atoms with Crippen molar-refractivity contribution in [3.05, 3.63) is 71.0 Å². The highest BCUT2D eigenvalue weighted by atomic mass is 35.5. The van der Waals surface area contributed by atoms with Gasteiger partial charge >= 0.3 is 0 Å². The molecule has 3 rings (SSSR count). The number of aromatic nitrogens is 2. The molecule has 0 fully saturated rings. The Morgan fingerprint density at radius 2 is 1.54 bits per heavy atom. The highest BCUT2D eigenvalue weighted by Crippen LogP contribution is 2.26. The Bertz CT molecular complexity index is 886. The van der Waals surface area contributed by atoms with E-state index in [1.54, 1.807) is 19.1 Å². The van der Waals surface area contributed by atoms with Gasteiger partial charge in [-0.25, -0.2) is 18.7 Å². The minimum Gasteiger partial charge on any atom is -0.339 e. The van der Waals surface area contributed by atoms with Crippen LogP contribution in [0.15, 0.2) is 48.5 Å². The first-order valence-electron chi connectivity index (χ1n) is 7.10. The van der Waals surface area contributed by atoms with Crippen molar-refractivity contribution < 1.29 is 8.78 Å². The fourth-order valence-electron chi connectivity index (χ4n) is 2.13. The Labute approximate surface area is 142 Å². The van der Waals surface area contributed by atoms with E-state index in [1.165, 1.54) is 12.1 Å². The molecule has 1 heterocycles. The molecular weight excluding hydrogens is 334 g/mol. The molecule has 2 aromatic carbocycles. The van der Waals surface area contributed by atoms with E-state index in [-0.39, 0.29) is 5.69 Å². The molecule has 0 saturated carbocycles. The van der Waals surface area contributed by atoms with Crippen LogP contribution in [0.5, 0.6) is 0 Å². The molecule has 0 aliphatic heterocycles. The monoisotopic (exact) mass is 346 g/mol. The number of hydrogen-bond acceptors (Lipinski definition) is 4. The van der Waals surface area contributed by atoms with Gasteiger partial charge in [-0.15, -0.1) is 0 Å². The molecule has 0 bridgehead atoms. The number of nitrogens with one attached hydrogen (secondary N) is 2. The first-order chi connectivity index (χ1) is 11.5. The maximum atomic E-state index is 13.8. The van der Waals surface area contributed by atoms with Gasteiger partial charge in [0.1, 0.15) is 29.1 Å². The maximum absolute atomic E-state index is 13.8. The summed E-state index contributed by atoms with van der Waals surface area (Å²) in [6.45, 7) is 1.71. The molecule has 0 atom stereocenters.